The minimum atomic E-state index is -1.19. The molecule has 0 spiro atoms. The van der Waals surface area contributed by atoms with Crippen molar-refractivity contribution in [1.29, 1.82) is 0 Å². The molecule has 5 heteroatoms. The van der Waals surface area contributed by atoms with Crippen LogP contribution >= 0.6 is 16.3 Å². The Hall–Kier alpha value is 0.840. The number of halogens is 2. The molecule has 0 saturated carbocycles. The van der Waals surface area contributed by atoms with Crippen LogP contribution in [-0.4, -0.2) is 8.40 Å². The maximum atomic E-state index is 8.52. The van der Waals surface area contributed by atoms with Gasteiger partial charge < -0.3 is 8.40 Å². The Bertz CT molecular complexity index is 4.85. The molecule has 0 aliphatic heterocycles. The van der Waals surface area contributed by atoms with E-state index in [1.165, 1.54) is 0 Å². The van der Waals surface area contributed by atoms with Gasteiger partial charge in [-0.05, 0) is 0 Å². The first-order valence-electron chi connectivity index (χ1n) is 0.492. The van der Waals surface area contributed by atoms with Crippen LogP contribution in [0.4, 0.5) is 0 Å². The molecule has 0 aromatic rings. The Labute approximate surface area is 44.8 Å². The van der Waals surface area contributed by atoms with Crippen LogP contribution in [-0.2, 0) is 0 Å². The number of rotatable bonds is 0. The highest BCUT2D eigenvalue weighted by molar-refractivity contribution is 9.05. The van der Waals surface area contributed by atoms with Crippen LogP contribution in [0.15, 0.2) is 0 Å². The van der Waals surface area contributed by atoms with Crippen molar-refractivity contribution in [2.45, 2.75) is 0 Å². The molecule has 0 aromatic carbocycles. The van der Waals surface area contributed by atoms with Crippen LogP contribution in [0.25, 0.3) is 0 Å². The Balaban J connectivity index is 0. The highest BCUT2D eigenvalue weighted by Crippen LogP contribution is 1.43. The molecule has 0 radical (unpaired) electrons. The molecule has 2 N–H and O–H groups in total. The molecule has 0 amide bonds. The van der Waals surface area contributed by atoms with Gasteiger partial charge in [0.05, 0.1) is 16.3 Å². The van der Waals surface area contributed by atoms with E-state index >= 15 is 0 Å². The Kier molecular flexibility index (Phi) is 39.1. The van der Waals surface area contributed by atoms with Gasteiger partial charge in [-0.15, -0.1) is 0 Å². The van der Waals surface area contributed by atoms with Crippen molar-refractivity contribution >= 4 is 16.3 Å². The van der Waals surface area contributed by atoms with E-state index < -0.39 is 15.5 Å². The van der Waals surface area contributed by atoms with Crippen LogP contribution in [0.5, 0.6) is 0 Å². The molecule has 5 heavy (non-hydrogen) atoms. The van der Waals surface area contributed by atoms with E-state index in [1.54, 1.807) is 0 Å². The highest BCUT2D eigenvalue weighted by atomic mass is 79.9. The summed E-state index contributed by atoms with van der Waals surface area (Å²) in [6, 6.07) is 0. The van der Waals surface area contributed by atoms with Gasteiger partial charge in [-0.1, -0.05) is 0 Å². The van der Waals surface area contributed by atoms with Gasteiger partial charge in [0.25, 0.3) is 0 Å². The first kappa shape index (κ1) is 9.28. The van der Waals surface area contributed by atoms with Crippen molar-refractivity contribution in [2.75, 3.05) is 0 Å². The third kappa shape index (κ3) is 55.3. The molecule has 34 valence electrons. The lowest BCUT2D eigenvalue weighted by molar-refractivity contribution is -1.27. The fourth-order valence-corrected chi connectivity index (χ4v) is 0. The molecule has 0 aliphatic rings. The molecule has 0 aromatic heterocycles. The van der Waals surface area contributed by atoms with Gasteiger partial charge >= 0.3 is 15.5 Å². The molecule has 0 heterocycles. The van der Waals surface area contributed by atoms with E-state index in [0.717, 1.165) is 0 Å². The lowest BCUT2D eigenvalue weighted by Gasteiger charge is -1.45. The molecular formula is H2Br2O3. The van der Waals surface area contributed by atoms with Crippen molar-refractivity contribution in [3.8, 4) is 0 Å². The Morgan fingerprint density at radius 2 is 1.60 bits per heavy atom. The fraction of sp³-hybridized carbons (Fsp3) is 0. The summed E-state index contributed by atoms with van der Waals surface area (Å²) >= 11 is 0.750. The zero-order valence-corrected chi connectivity index (χ0v) is 5.23. The molecule has 0 fully saturated rings. The second-order valence-electron chi connectivity index (χ2n) is 0.0690. The van der Waals surface area contributed by atoms with E-state index in [0.29, 0.717) is 0 Å². The molecule has 0 bridgehead atoms. The van der Waals surface area contributed by atoms with Crippen LogP contribution in [0.1, 0.15) is 0 Å². The van der Waals surface area contributed by atoms with E-state index in [1.807, 2.05) is 16.3 Å². The summed E-state index contributed by atoms with van der Waals surface area (Å²) in [6.07, 6.45) is 0. The maximum absolute atomic E-state index is 8.52. The lowest BCUT2D eigenvalue weighted by atomic mass is 16.0. The average molecular weight is 210 g/mol. The third-order valence-electron chi connectivity index (χ3n) is 0. The summed E-state index contributed by atoms with van der Waals surface area (Å²) in [5.74, 6) is 0. The predicted octanol–water partition coefficient (Wildman–Crippen LogP) is -1.46. The lowest BCUT2D eigenvalue weighted by Crippen LogP contribution is -1.94. The second kappa shape index (κ2) is 21.1. The fourth-order valence-electron chi connectivity index (χ4n) is 0. The van der Waals surface area contributed by atoms with E-state index in [9.17, 15) is 0 Å². The van der Waals surface area contributed by atoms with Gasteiger partial charge in [-0.25, -0.2) is 0 Å². The monoisotopic (exact) mass is 208 g/mol. The van der Waals surface area contributed by atoms with Gasteiger partial charge in [0.2, 0.25) is 0 Å². The van der Waals surface area contributed by atoms with Crippen LogP contribution < -0.4 is 4.20 Å². The first-order valence-corrected chi connectivity index (χ1v) is 2.56. The largest absolute Gasteiger partial charge is 0.551 e. The molecule has 0 unspecified atom stereocenters. The molecule has 0 atom stereocenters. The van der Waals surface area contributed by atoms with Crippen molar-refractivity contribution < 1.29 is 28.1 Å². The van der Waals surface area contributed by atoms with Crippen LogP contribution in [0.2, 0.25) is 0 Å². The van der Waals surface area contributed by atoms with E-state index in [-0.39, 0.29) is 0 Å². The second-order valence-corrected chi connectivity index (χ2v) is 0.359. The zero-order chi connectivity index (χ0) is 4.71. The molecular weight excluding hydrogens is 208 g/mol. The average Bonchev–Trinajstić information content (AvgIpc) is 1.46. The van der Waals surface area contributed by atoms with Gasteiger partial charge in [0.15, 0.2) is 0 Å². The van der Waals surface area contributed by atoms with Crippen LogP contribution in [0, 0.1) is 15.5 Å². The van der Waals surface area contributed by atoms with Crippen molar-refractivity contribution in [3.05, 3.63) is 0 Å². The molecule has 0 aliphatic carbocycles. The molecule has 0 saturated heterocycles. The predicted molar refractivity (Wildman–Crippen MR) is 13.4 cm³/mol. The normalized spacial score (nSPS) is 4.80. The van der Waals surface area contributed by atoms with Crippen molar-refractivity contribution in [1.82, 2.24) is 0 Å². The summed E-state index contributed by atoms with van der Waals surface area (Å²) in [6.45, 7) is 0. The number of hydrogen-bond acceptors (Lipinski definition) is 3. The Morgan fingerprint density at radius 3 is 1.60 bits per heavy atom. The smallest absolute Gasteiger partial charge is 0.417 e. The van der Waals surface area contributed by atoms with Gasteiger partial charge in [0.1, 0.15) is 0 Å². The minimum absolute atomic E-state index is 1.19. The van der Waals surface area contributed by atoms with Crippen molar-refractivity contribution in [3.63, 3.8) is 0 Å². The minimum Gasteiger partial charge on any atom is -0.551 e. The first-order chi connectivity index (χ1) is 2.41. The van der Waals surface area contributed by atoms with Gasteiger partial charge in [-0.3, -0.25) is 0 Å². The van der Waals surface area contributed by atoms with Crippen molar-refractivity contribution in [2.24, 2.45) is 0 Å². The van der Waals surface area contributed by atoms with Gasteiger partial charge in [0, 0.05) is 0 Å². The summed E-state index contributed by atoms with van der Waals surface area (Å²) in [4.78, 5) is 0. The quantitative estimate of drug-likeness (QED) is 0.513. The van der Waals surface area contributed by atoms with Gasteiger partial charge in [-0.2, -0.15) is 4.20 Å². The molecule has 3 nitrogen and oxygen atoms in total. The molecule has 0 rings (SSSR count). The summed E-state index contributed by atoms with van der Waals surface area (Å²) in [7, 11) is 0. The third-order valence-corrected chi connectivity index (χ3v) is 0. The Morgan fingerprint density at radius 1 is 1.60 bits per heavy atom. The van der Waals surface area contributed by atoms with Crippen LogP contribution in [0.3, 0.4) is 0 Å². The SMILES string of the molecule is OBr.[O-][Br+]O. The maximum Gasteiger partial charge on any atom is 0.417 e. The van der Waals surface area contributed by atoms with E-state index in [4.69, 9.17) is 12.6 Å². The standard InChI is InChI=1S/BrHO2.BrHO/c2-1-3;1-2/h2H;2H. The topological polar surface area (TPSA) is 63.5 Å². The summed E-state index contributed by atoms with van der Waals surface area (Å²) in [5, 5.41) is 0. The highest BCUT2D eigenvalue weighted by Gasteiger charge is 1.51. The number of hydrogen-bond donors (Lipinski definition) is 2. The summed E-state index contributed by atoms with van der Waals surface area (Å²) in [5.41, 5.74) is 0. The van der Waals surface area contributed by atoms with E-state index in [2.05, 4.69) is 0 Å². The summed E-state index contributed by atoms with van der Waals surface area (Å²) < 4.78 is 22.4. The zero-order valence-electron chi connectivity index (χ0n) is 2.06.